The Bertz CT molecular complexity index is 490. The zero-order valence-corrected chi connectivity index (χ0v) is 13.6. The summed E-state index contributed by atoms with van der Waals surface area (Å²) in [7, 11) is 0. The molecule has 21 heavy (non-hydrogen) atoms. The molecule has 0 radical (unpaired) electrons. The van der Waals surface area contributed by atoms with E-state index in [1.165, 1.54) is 0 Å². The average Bonchev–Trinajstić information content (AvgIpc) is 2.51. The fourth-order valence-corrected chi connectivity index (χ4v) is 3.40. The van der Waals surface area contributed by atoms with Crippen LogP contribution in [0.25, 0.3) is 0 Å². The predicted octanol–water partition coefficient (Wildman–Crippen LogP) is 3.50. The van der Waals surface area contributed by atoms with Gasteiger partial charge in [-0.1, -0.05) is 25.1 Å². The van der Waals surface area contributed by atoms with Crippen LogP contribution in [0.1, 0.15) is 45.1 Å². The van der Waals surface area contributed by atoms with Crippen molar-refractivity contribution in [2.24, 2.45) is 17.1 Å². The van der Waals surface area contributed by atoms with Gasteiger partial charge in [-0.3, -0.25) is 4.79 Å². The Morgan fingerprint density at radius 1 is 1.33 bits per heavy atom. The molecule has 1 aliphatic rings. The summed E-state index contributed by atoms with van der Waals surface area (Å²) >= 11 is 0. The lowest BCUT2D eigenvalue weighted by Gasteiger charge is -2.40. The van der Waals surface area contributed by atoms with E-state index in [-0.39, 0.29) is 11.3 Å². The first-order valence-electron chi connectivity index (χ1n) is 8.11. The smallest absolute Gasteiger partial charge is 0.234 e. The van der Waals surface area contributed by atoms with Gasteiger partial charge >= 0.3 is 0 Å². The van der Waals surface area contributed by atoms with Gasteiger partial charge in [0.1, 0.15) is 0 Å². The van der Waals surface area contributed by atoms with Crippen LogP contribution < -0.4 is 10.6 Å². The van der Waals surface area contributed by atoms with Crippen LogP contribution in [-0.4, -0.2) is 19.0 Å². The van der Waals surface area contributed by atoms with Crippen molar-refractivity contribution in [1.29, 1.82) is 0 Å². The molecule has 116 valence electrons. The molecule has 2 N–H and O–H groups in total. The fraction of sp³-hybridized carbons (Fsp3) is 0.611. The quantitative estimate of drug-likeness (QED) is 0.921. The molecule has 0 aromatic heterocycles. The summed E-state index contributed by atoms with van der Waals surface area (Å²) in [5, 5.41) is 0. The van der Waals surface area contributed by atoms with Crippen molar-refractivity contribution in [3.63, 3.8) is 0 Å². The predicted molar refractivity (Wildman–Crippen MR) is 88.3 cm³/mol. The number of nitrogens with two attached hydrogens (primary N) is 1. The molecule has 0 atom stereocenters. The van der Waals surface area contributed by atoms with Gasteiger partial charge in [0, 0.05) is 18.8 Å². The SMILES string of the molecule is CCN(C(=O)C1(CN)CCC(C)CC1)c1ccccc1C. The molecule has 1 saturated carbocycles. The normalized spacial score (nSPS) is 25.6. The van der Waals surface area contributed by atoms with Crippen LogP contribution in [-0.2, 0) is 4.79 Å². The van der Waals surface area contributed by atoms with Crippen molar-refractivity contribution < 1.29 is 4.79 Å². The minimum atomic E-state index is -0.356. The van der Waals surface area contributed by atoms with Gasteiger partial charge in [-0.15, -0.1) is 0 Å². The third-order valence-corrected chi connectivity index (χ3v) is 5.04. The van der Waals surface area contributed by atoms with Crippen molar-refractivity contribution in [3.05, 3.63) is 29.8 Å². The topological polar surface area (TPSA) is 46.3 Å². The lowest BCUT2D eigenvalue weighted by atomic mass is 9.70. The lowest BCUT2D eigenvalue weighted by Crippen LogP contribution is -2.50. The van der Waals surface area contributed by atoms with Gasteiger partial charge in [-0.25, -0.2) is 0 Å². The molecule has 0 heterocycles. The molecule has 3 heteroatoms. The van der Waals surface area contributed by atoms with Crippen LogP contribution >= 0.6 is 0 Å². The lowest BCUT2D eigenvalue weighted by molar-refractivity contribution is -0.130. The molecule has 1 aromatic rings. The molecule has 3 nitrogen and oxygen atoms in total. The number of amides is 1. The molecular weight excluding hydrogens is 260 g/mol. The van der Waals surface area contributed by atoms with E-state index in [1.807, 2.05) is 30.0 Å². The van der Waals surface area contributed by atoms with Crippen molar-refractivity contribution in [3.8, 4) is 0 Å². The first-order chi connectivity index (χ1) is 10.0. The maximum Gasteiger partial charge on any atom is 0.234 e. The summed E-state index contributed by atoms with van der Waals surface area (Å²) in [4.78, 5) is 15.1. The van der Waals surface area contributed by atoms with Crippen molar-refractivity contribution in [1.82, 2.24) is 0 Å². The van der Waals surface area contributed by atoms with Crippen molar-refractivity contribution in [2.75, 3.05) is 18.0 Å². The van der Waals surface area contributed by atoms with Crippen LogP contribution in [0.5, 0.6) is 0 Å². The number of carbonyl (C=O) groups excluding carboxylic acids is 1. The van der Waals surface area contributed by atoms with Crippen LogP contribution in [0.2, 0.25) is 0 Å². The van der Waals surface area contributed by atoms with E-state index < -0.39 is 0 Å². The second-order valence-electron chi connectivity index (χ2n) is 6.50. The standard InChI is InChI=1S/C18H28N2O/c1-4-20(16-8-6-5-7-15(16)3)17(21)18(13-19)11-9-14(2)10-12-18/h5-8,14H,4,9-13,19H2,1-3H3. The second kappa shape index (κ2) is 6.61. The van der Waals surface area contributed by atoms with Crippen molar-refractivity contribution in [2.45, 2.75) is 46.5 Å². The number of benzene rings is 1. The molecule has 1 amide bonds. The Balaban J connectivity index is 2.29. The van der Waals surface area contributed by atoms with Gasteiger partial charge in [0.2, 0.25) is 5.91 Å². The van der Waals surface area contributed by atoms with E-state index in [2.05, 4.69) is 19.9 Å². The number of hydrogen-bond acceptors (Lipinski definition) is 2. The number of hydrogen-bond donors (Lipinski definition) is 1. The highest BCUT2D eigenvalue weighted by Crippen LogP contribution is 2.40. The number of anilines is 1. The number of carbonyl (C=O) groups is 1. The third-order valence-electron chi connectivity index (χ3n) is 5.04. The number of para-hydroxylation sites is 1. The number of nitrogens with zero attached hydrogens (tertiary/aromatic N) is 1. The van der Waals surface area contributed by atoms with E-state index in [1.54, 1.807) is 0 Å². The fourth-order valence-electron chi connectivity index (χ4n) is 3.40. The summed E-state index contributed by atoms with van der Waals surface area (Å²) in [5.41, 5.74) is 7.86. The number of rotatable bonds is 4. The molecule has 0 aliphatic heterocycles. The minimum Gasteiger partial charge on any atom is -0.329 e. The Kier molecular flexibility index (Phi) is 5.04. The summed E-state index contributed by atoms with van der Waals surface area (Å²) in [6.07, 6.45) is 4.06. The van der Waals surface area contributed by atoms with E-state index in [0.29, 0.717) is 19.0 Å². The second-order valence-corrected chi connectivity index (χ2v) is 6.50. The molecule has 1 aromatic carbocycles. The van der Waals surface area contributed by atoms with Gasteiger partial charge < -0.3 is 10.6 Å². The van der Waals surface area contributed by atoms with Gasteiger partial charge in [-0.2, -0.15) is 0 Å². The minimum absolute atomic E-state index is 0.216. The highest BCUT2D eigenvalue weighted by Gasteiger charge is 2.42. The summed E-state index contributed by atoms with van der Waals surface area (Å²) in [5.74, 6) is 0.930. The molecule has 1 fully saturated rings. The third kappa shape index (κ3) is 3.13. The Hall–Kier alpha value is -1.35. The average molecular weight is 288 g/mol. The van der Waals surface area contributed by atoms with Gasteiger partial charge in [0.05, 0.1) is 5.41 Å². The molecule has 1 aliphatic carbocycles. The summed E-state index contributed by atoms with van der Waals surface area (Å²) in [6, 6.07) is 8.10. The molecule has 0 bridgehead atoms. The highest BCUT2D eigenvalue weighted by molar-refractivity contribution is 5.98. The van der Waals surface area contributed by atoms with Crippen molar-refractivity contribution >= 4 is 11.6 Å². The molecule has 2 rings (SSSR count). The first kappa shape index (κ1) is 16.0. The van der Waals surface area contributed by atoms with Crippen LogP contribution in [0, 0.1) is 18.3 Å². The van der Waals surface area contributed by atoms with E-state index in [4.69, 9.17) is 5.73 Å². The number of aryl methyl sites for hydroxylation is 1. The molecule has 0 saturated heterocycles. The zero-order valence-electron chi connectivity index (χ0n) is 13.6. The van der Waals surface area contributed by atoms with Gasteiger partial charge in [0.15, 0.2) is 0 Å². The van der Waals surface area contributed by atoms with Gasteiger partial charge in [0.25, 0.3) is 0 Å². The summed E-state index contributed by atoms with van der Waals surface area (Å²) in [6.45, 7) is 7.52. The summed E-state index contributed by atoms with van der Waals surface area (Å²) < 4.78 is 0. The van der Waals surface area contributed by atoms with Crippen LogP contribution in [0.4, 0.5) is 5.69 Å². The van der Waals surface area contributed by atoms with E-state index in [9.17, 15) is 4.79 Å². The maximum absolute atomic E-state index is 13.2. The Morgan fingerprint density at radius 2 is 1.95 bits per heavy atom. The first-order valence-corrected chi connectivity index (χ1v) is 8.11. The van der Waals surface area contributed by atoms with Gasteiger partial charge in [-0.05, 0) is 57.1 Å². The monoisotopic (exact) mass is 288 g/mol. The Morgan fingerprint density at radius 3 is 2.48 bits per heavy atom. The van der Waals surface area contributed by atoms with Crippen LogP contribution in [0.15, 0.2) is 24.3 Å². The molecular formula is C18H28N2O. The zero-order chi connectivity index (χ0) is 15.5. The van der Waals surface area contributed by atoms with Crippen LogP contribution in [0.3, 0.4) is 0 Å². The Labute approximate surface area is 128 Å². The van der Waals surface area contributed by atoms with E-state index in [0.717, 1.165) is 36.9 Å². The maximum atomic E-state index is 13.2. The highest BCUT2D eigenvalue weighted by atomic mass is 16.2. The molecule has 0 unspecified atom stereocenters. The molecule has 0 spiro atoms. The van der Waals surface area contributed by atoms with E-state index >= 15 is 0 Å². The largest absolute Gasteiger partial charge is 0.329 e.